The van der Waals surface area contributed by atoms with Gasteiger partial charge in [-0.25, -0.2) is 4.79 Å². The molecule has 0 aliphatic carbocycles. The summed E-state index contributed by atoms with van der Waals surface area (Å²) in [6, 6.07) is 5.11. The normalized spacial score (nSPS) is 19.5. The number of amides is 2. The van der Waals surface area contributed by atoms with E-state index < -0.39 is 29.7 Å². The Hall–Kier alpha value is -2.57. The Morgan fingerprint density at radius 1 is 1.43 bits per heavy atom. The minimum Gasteiger partial charge on any atom is -0.508 e. The van der Waals surface area contributed by atoms with Gasteiger partial charge in [-0.1, -0.05) is 12.1 Å². The molecule has 7 nitrogen and oxygen atoms in total. The quantitative estimate of drug-likeness (QED) is 0.689. The lowest BCUT2D eigenvalue weighted by Crippen LogP contribution is -2.44. The van der Waals surface area contributed by atoms with Gasteiger partial charge in [0.05, 0.1) is 5.92 Å². The molecule has 1 saturated heterocycles. The standard InChI is InChI=1S/C14H16N2O5/c15-13(19)9-6-12(18)16(7-9)11(14(20)21)5-8-2-1-3-10(17)4-8/h1-4,9,11,17H,5-7H2,(H2,15,19)(H,20,21)/t9?,11-/m0/s1. The highest BCUT2D eigenvalue weighted by Crippen LogP contribution is 2.23. The zero-order valence-electron chi connectivity index (χ0n) is 11.2. The lowest BCUT2D eigenvalue weighted by Gasteiger charge is -2.24. The molecule has 21 heavy (non-hydrogen) atoms. The van der Waals surface area contributed by atoms with Crippen molar-refractivity contribution in [3.8, 4) is 5.75 Å². The van der Waals surface area contributed by atoms with Crippen LogP contribution in [0.25, 0.3) is 0 Å². The second-order valence-corrected chi connectivity index (χ2v) is 5.08. The maximum Gasteiger partial charge on any atom is 0.326 e. The fraction of sp³-hybridized carbons (Fsp3) is 0.357. The van der Waals surface area contributed by atoms with Crippen LogP contribution in [-0.2, 0) is 20.8 Å². The minimum atomic E-state index is -1.16. The molecule has 1 unspecified atom stereocenters. The van der Waals surface area contributed by atoms with Crippen molar-refractivity contribution in [3.63, 3.8) is 0 Å². The van der Waals surface area contributed by atoms with E-state index in [0.717, 1.165) is 0 Å². The van der Waals surface area contributed by atoms with Crippen LogP contribution in [0.3, 0.4) is 0 Å². The Morgan fingerprint density at radius 2 is 2.14 bits per heavy atom. The van der Waals surface area contributed by atoms with Crippen molar-refractivity contribution in [2.75, 3.05) is 6.54 Å². The van der Waals surface area contributed by atoms with E-state index in [1.165, 1.54) is 17.0 Å². The van der Waals surface area contributed by atoms with E-state index in [4.69, 9.17) is 5.73 Å². The first-order chi connectivity index (χ1) is 9.88. The fourth-order valence-corrected chi connectivity index (χ4v) is 2.46. The summed E-state index contributed by atoms with van der Waals surface area (Å²) < 4.78 is 0. The molecule has 0 spiro atoms. The smallest absolute Gasteiger partial charge is 0.326 e. The molecule has 7 heteroatoms. The van der Waals surface area contributed by atoms with E-state index in [0.29, 0.717) is 5.56 Å². The number of carbonyl (C=O) groups is 3. The number of aromatic hydroxyl groups is 1. The molecule has 1 fully saturated rings. The van der Waals surface area contributed by atoms with Crippen LogP contribution in [0.4, 0.5) is 0 Å². The average Bonchev–Trinajstić information content (AvgIpc) is 2.78. The first kappa shape index (κ1) is 14.8. The number of likely N-dealkylation sites (tertiary alicyclic amines) is 1. The number of nitrogens with two attached hydrogens (primary N) is 1. The number of phenols is 1. The van der Waals surface area contributed by atoms with Crippen molar-refractivity contribution in [2.45, 2.75) is 18.9 Å². The molecule has 1 aliphatic heterocycles. The van der Waals surface area contributed by atoms with Crippen molar-refractivity contribution in [1.29, 1.82) is 0 Å². The second-order valence-electron chi connectivity index (χ2n) is 5.08. The Balaban J connectivity index is 2.18. The van der Waals surface area contributed by atoms with Crippen molar-refractivity contribution >= 4 is 17.8 Å². The van der Waals surface area contributed by atoms with Crippen LogP contribution < -0.4 is 5.73 Å². The number of benzene rings is 1. The number of hydrogen-bond donors (Lipinski definition) is 3. The minimum absolute atomic E-state index is 0.0178. The van der Waals surface area contributed by atoms with Gasteiger partial charge in [-0.2, -0.15) is 0 Å². The van der Waals surface area contributed by atoms with Crippen LogP contribution in [0.2, 0.25) is 0 Å². The van der Waals surface area contributed by atoms with Crippen LogP contribution in [-0.4, -0.2) is 45.5 Å². The molecule has 0 radical (unpaired) electrons. The number of carboxylic acid groups (broad SMARTS) is 1. The highest BCUT2D eigenvalue weighted by atomic mass is 16.4. The number of nitrogens with zero attached hydrogens (tertiary/aromatic N) is 1. The van der Waals surface area contributed by atoms with Crippen LogP contribution in [0, 0.1) is 5.92 Å². The zero-order valence-corrected chi connectivity index (χ0v) is 11.2. The summed E-state index contributed by atoms with van der Waals surface area (Å²) in [6.45, 7) is 0.0178. The molecule has 0 bridgehead atoms. The van der Waals surface area contributed by atoms with E-state index >= 15 is 0 Å². The number of primary amides is 1. The van der Waals surface area contributed by atoms with Crippen LogP contribution in [0.15, 0.2) is 24.3 Å². The maximum absolute atomic E-state index is 11.9. The molecule has 1 aliphatic rings. The van der Waals surface area contributed by atoms with Gasteiger partial charge in [-0.05, 0) is 17.7 Å². The lowest BCUT2D eigenvalue weighted by atomic mass is 10.0. The monoisotopic (exact) mass is 292 g/mol. The highest BCUT2D eigenvalue weighted by molar-refractivity contribution is 5.91. The van der Waals surface area contributed by atoms with Crippen LogP contribution >= 0.6 is 0 Å². The first-order valence-electron chi connectivity index (χ1n) is 6.48. The third kappa shape index (κ3) is 3.31. The summed E-state index contributed by atoms with van der Waals surface area (Å²) in [5.41, 5.74) is 5.77. The third-order valence-corrected chi connectivity index (χ3v) is 3.56. The van der Waals surface area contributed by atoms with Gasteiger partial charge in [0, 0.05) is 19.4 Å². The molecule has 0 aromatic heterocycles. The number of phenolic OH excluding ortho intramolecular Hbond substituents is 1. The molecule has 4 N–H and O–H groups in total. The van der Waals surface area contributed by atoms with Gasteiger partial charge in [0.2, 0.25) is 11.8 Å². The van der Waals surface area contributed by atoms with E-state index in [9.17, 15) is 24.6 Å². The van der Waals surface area contributed by atoms with Crippen molar-refractivity contribution in [2.24, 2.45) is 11.7 Å². The van der Waals surface area contributed by atoms with Gasteiger partial charge in [0.15, 0.2) is 0 Å². The summed E-state index contributed by atoms with van der Waals surface area (Å²) in [5, 5.41) is 18.7. The predicted octanol–water partition coefficient (Wildman–Crippen LogP) is -0.278. The van der Waals surface area contributed by atoms with Crippen LogP contribution in [0.5, 0.6) is 5.75 Å². The fourth-order valence-electron chi connectivity index (χ4n) is 2.46. The van der Waals surface area contributed by atoms with Gasteiger partial charge in [0.1, 0.15) is 11.8 Å². The highest BCUT2D eigenvalue weighted by Gasteiger charge is 2.39. The molecule has 2 rings (SSSR count). The SMILES string of the molecule is NC(=O)C1CC(=O)N([C@@H](Cc2cccc(O)c2)C(=O)O)C1. The second kappa shape index (κ2) is 5.82. The third-order valence-electron chi connectivity index (χ3n) is 3.56. The zero-order chi connectivity index (χ0) is 15.6. The molecule has 1 aromatic rings. The van der Waals surface area contributed by atoms with Crippen LogP contribution in [0.1, 0.15) is 12.0 Å². The molecule has 1 aromatic carbocycles. The number of hydrogen-bond acceptors (Lipinski definition) is 4. The van der Waals surface area contributed by atoms with Gasteiger partial charge in [-0.3, -0.25) is 9.59 Å². The summed E-state index contributed by atoms with van der Waals surface area (Å²) >= 11 is 0. The number of aliphatic carboxylic acids is 1. The van der Waals surface area contributed by atoms with E-state index in [-0.39, 0.29) is 25.1 Å². The number of carboxylic acids is 1. The summed E-state index contributed by atoms with van der Waals surface area (Å²) in [5.74, 6) is -2.78. The molecule has 0 saturated carbocycles. The van der Waals surface area contributed by atoms with Crippen molar-refractivity contribution in [3.05, 3.63) is 29.8 Å². The van der Waals surface area contributed by atoms with E-state index in [1.54, 1.807) is 12.1 Å². The van der Waals surface area contributed by atoms with E-state index in [1.807, 2.05) is 0 Å². The molecule has 1 heterocycles. The topological polar surface area (TPSA) is 121 Å². The largest absolute Gasteiger partial charge is 0.508 e. The number of carbonyl (C=O) groups excluding carboxylic acids is 2. The Kier molecular flexibility index (Phi) is 4.11. The van der Waals surface area contributed by atoms with Gasteiger partial charge in [-0.15, -0.1) is 0 Å². The average molecular weight is 292 g/mol. The molecule has 2 atom stereocenters. The Bertz CT molecular complexity index is 586. The van der Waals surface area contributed by atoms with Crippen molar-refractivity contribution in [1.82, 2.24) is 4.90 Å². The van der Waals surface area contributed by atoms with Gasteiger partial charge < -0.3 is 20.8 Å². The molecular formula is C14H16N2O5. The summed E-state index contributed by atoms with van der Waals surface area (Å²) in [7, 11) is 0. The summed E-state index contributed by atoms with van der Waals surface area (Å²) in [6.07, 6.45) is 0.000107. The molecule has 112 valence electrons. The molecular weight excluding hydrogens is 276 g/mol. The Morgan fingerprint density at radius 3 is 2.67 bits per heavy atom. The Labute approximate surface area is 121 Å². The van der Waals surface area contributed by atoms with Gasteiger partial charge >= 0.3 is 5.97 Å². The maximum atomic E-state index is 11.9. The first-order valence-corrected chi connectivity index (χ1v) is 6.48. The van der Waals surface area contributed by atoms with E-state index in [2.05, 4.69) is 0 Å². The molecule has 2 amide bonds. The van der Waals surface area contributed by atoms with Crippen molar-refractivity contribution < 1.29 is 24.6 Å². The van der Waals surface area contributed by atoms with Gasteiger partial charge in [0.25, 0.3) is 0 Å². The predicted molar refractivity (Wildman–Crippen MR) is 72.2 cm³/mol. The lowest BCUT2D eigenvalue weighted by molar-refractivity contribution is -0.148. The summed E-state index contributed by atoms with van der Waals surface area (Å²) in [4.78, 5) is 35.6. The number of rotatable bonds is 5.